The molecule has 2 N–H and O–H groups in total. The number of hydrogen-bond acceptors (Lipinski definition) is 5. The molecule has 1 saturated heterocycles. The molecule has 1 fully saturated rings. The van der Waals surface area contributed by atoms with E-state index in [0.717, 1.165) is 0 Å². The van der Waals surface area contributed by atoms with Gasteiger partial charge in [-0.15, -0.1) is 0 Å². The fraction of sp³-hybridized carbons (Fsp3) is 0.875. The van der Waals surface area contributed by atoms with Crippen LogP contribution in [0.2, 0.25) is 0 Å². The van der Waals surface area contributed by atoms with Gasteiger partial charge in [0.25, 0.3) is 0 Å². The number of aliphatic hydroxyl groups is 1. The van der Waals surface area contributed by atoms with Crippen molar-refractivity contribution in [2.24, 2.45) is 0 Å². The van der Waals surface area contributed by atoms with Crippen LogP contribution in [0.4, 0.5) is 0 Å². The minimum absolute atomic E-state index is 0.0448. The number of rotatable bonds is 4. The third-order valence-electron chi connectivity index (χ3n) is 2.45. The molecule has 0 bridgehead atoms. The molecule has 0 aliphatic carbocycles. The van der Waals surface area contributed by atoms with E-state index in [2.05, 4.69) is 0 Å². The summed E-state index contributed by atoms with van der Waals surface area (Å²) >= 11 is 0. The van der Waals surface area contributed by atoms with Crippen LogP contribution in [0.3, 0.4) is 0 Å². The predicted octanol–water partition coefficient (Wildman–Crippen LogP) is -1.45. The summed E-state index contributed by atoms with van der Waals surface area (Å²) in [5, 5.41) is 17.4. The van der Waals surface area contributed by atoms with Crippen molar-refractivity contribution in [3.8, 4) is 0 Å². The Morgan fingerprint density at radius 3 is 2.67 bits per heavy atom. The van der Waals surface area contributed by atoms with Gasteiger partial charge in [-0.2, -0.15) is 0 Å². The van der Waals surface area contributed by atoms with E-state index in [1.54, 1.807) is 4.90 Å². The summed E-state index contributed by atoms with van der Waals surface area (Å²) in [6, 6.07) is -0.506. The number of β-amino-alcohol motifs (C(OH)–C–C–N with tert-alkyl or cyclic N) is 1. The molecular weight excluding hydrogens is 222 g/mol. The highest BCUT2D eigenvalue weighted by Crippen LogP contribution is 2.14. The van der Waals surface area contributed by atoms with Crippen molar-refractivity contribution in [1.82, 2.24) is 4.90 Å². The molecule has 1 heterocycles. The lowest BCUT2D eigenvalue weighted by molar-refractivity contribution is -0.138. The van der Waals surface area contributed by atoms with Gasteiger partial charge in [-0.05, 0) is 0 Å². The number of nitrogens with zero attached hydrogens (tertiary/aromatic N) is 1. The number of aliphatic hydroxyl groups excluding tert-OH is 1. The Morgan fingerprint density at radius 1 is 1.47 bits per heavy atom. The minimum atomic E-state index is -3.12. The normalized spacial score (nSPS) is 26.3. The Hall–Kier alpha value is -0.660. The molecule has 1 aliphatic heterocycles. The van der Waals surface area contributed by atoms with Gasteiger partial charge in [-0.25, -0.2) is 8.42 Å². The molecule has 15 heavy (non-hydrogen) atoms. The van der Waals surface area contributed by atoms with Gasteiger partial charge in [0.15, 0.2) is 9.84 Å². The van der Waals surface area contributed by atoms with Crippen LogP contribution >= 0.6 is 0 Å². The molecule has 0 aromatic rings. The zero-order valence-corrected chi connectivity index (χ0v) is 9.11. The van der Waals surface area contributed by atoms with Crippen LogP contribution < -0.4 is 0 Å². The molecule has 1 rings (SSSR count). The van der Waals surface area contributed by atoms with Gasteiger partial charge in [-0.3, -0.25) is 9.69 Å². The molecule has 0 amide bonds. The first kappa shape index (κ1) is 12.4. The van der Waals surface area contributed by atoms with Gasteiger partial charge < -0.3 is 10.2 Å². The molecule has 88 valence electrons. The van der Waals surface area contributed by atoms with Crippen LogP contribution in [-0.2, 0) is 14.6 Å². The summed E-state index contributed by atoms with van der Waals surface area (Å²) in [7, 11) is -3.12. The Balaban J connectivity index is 2.68. The van der Waals surface area contributed by atoms with Crippen LogP contribution in [0.25, 0.3) is 0 Å². The van der Waals surface area contributed by atoms with Gasteiger partial charge in [0.2, 0.25) is 0 Å². The van der Waals surface area contributed by atoms with Gasteiger partial charge in [-0.1, -0.05) is 0 Å². The van der Waals surface area contributed by atoms with E-state index >= 15 is 0 Å². The van der Waals surface area contributed by atoms with E-state index in [0.29, 0.717) is 13.1 Å². The summed E-state index contributed by atoms with van der Waals surface area (Å²) in [6.45, 7) is 0.546. The van der Waals surface area contributed by atoms with Crippen LogP contribution in [0.15, 0.2) is 0 Å². The lowest BCUT2D eigenvalue weighted by atomic mass is 10.2. The van der Waals surface area contributed by atoms with Crippen molar-refractivity contribution in [1.29, 1.82) is 0 Å². The average Bonchev–Trinajstić information content (AvgIpc) is 2.08. The zero-order chi connectivity index (χ0) is 11.5. The zero-order valence-electron chi connectivity index (χ0n) is 8.29. The van der Waals surface area contributed by atoms with Crippen molar-refractivity contribution in [3.63, 3.8) is 0 Å². The second-order valence-corrected chi connectivity index (χ2v) is 5.85. The largest absolute Gasteiger partial charge is 0.481 e. The fourth-order valence-corrected chi connectivity index (χ4v) is 3.33. The van der Waals surface area contributed by atoms with Gasteiger partial charge >= 0.3 is 5.97 Å². The molecule has 1 atom stereocenters. The van der Waals surface area contributed by atoms with Crippen molar-refractivity contribution in [2.45, 2.75) is 12.5 Å². The van der Waals surface area contributed by atoms with E-state index < -0.39 is 21.8 Å². The summed E-state index contributed by atoms with van der Waals surface area (Å²) in [6.07, 6.45) is -0.195. The van der Waals surface area contributed by atoms with Crippen molar-refractivity contribution < 1.29 is 23.4 Å². The highest BCUT2D eigenvalue weighted by atomic mass is 32.2. The summed E-state index contributed by atoms with van der Waals surface area (Å²) in [5.74, 6) is -1.09. The Labute approximate surface area is 88.4 Å². The maximum Gasteiger partial charge on any atom is 0.304 e. The lowest BCUT2D eigenvalue weighted by Crippen LogP contribution is -2.50. The molecule has 1 unspecified atom stereocenters. The number of carboxylic acids is 1. The molecule has 0 aromatic heterocycles. The maximum atomic E-state index is 11.3. The monoisotopic (exact) mass is 237 g/mol. The standard InChI is InChI=1S/C8H15NO5S/c10-3-1-9-2-4-15(13,14)6-7(9)5-8(11)12/h7,10H,1-6H2,(H,11,12). The summed E-state index contributed by atoms with van der Waals surface area (Å²) in [4.78, 5) is 12.3. The molecule has 6 nitrogen and oxygen atoms in total. The van der Waals surface area contributed by atoms with Crippen LogP contribution in [0.5, 0.6) is 0 Å². The van der Waals surface area contributed by atoms with Gasteiger partial charge in [0.1, 0.15) is 0 Å². The number of carbonyl (C=O) groups is 1. The number of hydrogen-bond donors (Lipinski definition) is 2. The third kappa shape index (κ3) is 3.77. The first-order valence-electron chi connectivity index (χ1n) is 4.72. The Morgan fingerprint density at radius 2 is 2.13 bits per heavy atom. The number of sulfone groups is 1. The Bertz CT molecular complexity index is 326. The molecule has 0 aromatic carbocycles. The maximum absolute atomic E-state index is 11.3. The number of carboxylic acid groups (broad SMARTS) is 1. The van der Waals surface area contributed by atoms with E-state index in [-0.39, 0.29) is 24.5 Å². The smallest absolute Gasteiger partial charge is 0.304 e. The molecule has 0 radical (unpaired) electrons. The highest BCUT2D eigenvalue weighted by molar-refractivity contribution is 7.91. The first-order valence-corrected chi connectivity index (χ1v) is 6.54. The number of aliphatic carboxylic acids is 1. The second-order valence-electron chi connectivity index (χ2n) is 3.63. The SMILES string of the molecule is O=C(O)CC1CS(=O)(=O)CCN1CCO. The summed E-state index contributed by atoms with van der Waals surface area (Å²) in [5.41, 5.74) is 0. The van der Waals surface area contributed by atoms with E-state index in [9.17, 15) is 13.2 Å². The lowest BCUT2D eigenvalue weighted by Gasteiger charge is -2.33. The highest BCUT2D eigenvalue weighted by Gasteiger charge is 2.31. The van der Waals surface area contributed by atoms with Gasteiger partial charge in [0.05, 0.1) is 24.5 Å². The van der Waals surface area contributed by atoms with Crippen molar-refractivity contribution in [3.05, 3.63) is 0 Å². The predicted molar refractivity (Wildman–Crippen MR) is 53.4 cm³/mol. The molecule has 1 aliphatic rings. The molecular formula is C8H15NO5S. The molecule has 0 saturated carbocycles. The van der Waals surface area contributed by atoms with E-state index in [1.165, 1.54) is 0 Å². The van der Waals surface area contributed by atoms with Crippen molar-refractivity contribution in [2.75, 3.05) is 31.2 Å². The fourth-order valence-electron chi connectivity index (χ4n) is 1.73. The van der Waals surface area contributed by atoms with Crippen molar-refractivity contribution >= 4 is 15.8 Å². The summed E-state index contributed by atoms with van der Waals surface area (Å²) < 4.78 is 22.6. The molecule has 0 spiro atoms. The quantitative estimate of drug-likeness (QED) is 0.621. The van der Waals surface area contributed by atoms with E-state index in [4.69, 9.17) is 10.2 Å². The topological polar surface area (TPSA) is 94.9 Å². The molecule has 7 heteroatoms. The van der Waals surface area contributed by atoms with Crippen LogP contribution in [0, 0.1) is 0 Å². The van der Waals surface area contributed by atoms with Crippen LogP contribution in [0.1, 0.15) is 6.42 Å². The van der Waals surface area contributed by atoms with Gasteiger partial charge in [0, 0.05) is 19.1 Å². The average molecular weight is 237 g/mol. The Kier molecular flexibility index (Phi) is 4.06. The first-order chi connectivity index (χ1) is 6.94. The minimum Gasteiger partial charge on any atom is -0.481 e. The van der Waals surface area contributed by atoms with E-state index in [1.807, 2.05) is 0 Å². The second kappa shape index (κ2) is 4.91. The van der Waals surface area contributed by atoms with Crippen LogP contribution in [-0.4, -0.2) is 66.7 Å². The third-order valence-corrected chi connectivity index (χ3v) is 4.15.